The molecule has 1 fully saturated rings. The van der Waals surface area contributed by atoms with Crippen LogP contribution in [0.1, 0.15) is 30.0 Å². The van der Waals surface area contributed by atoms with Crippen LogP contribution in [0.15, 0.2) is 36.5 Å². The molecule has 2 atom stereocenters. The Labute approximate surface area is 123 Å². The number of methoxy groups -OCH3 is 1. The summed E-state index contributed by atoms with van der Waals surface area (Å²) in [4.78, 5) is 6.31. The molecule has 3 nitrogen and oxygen atoms in total. The molecule has 108 valence electrons. The van der Waals surface area contributed by atoms with Crippen molar-refractivity contribution in [2.24, 2.45) is 0 Å². The normalized spacial score (nSPS) is 23.0. The zero-order valence-electron chi connectivity index (χ0n) is 11.9. The second-order valence-electron chi connectivity index (χ2n) is 5.76. The number of pyridine rings is 1. The first-order valence-electron chi connectivity index (χ1n) is 7.33. The van der Waals surface area contributed by atoms with Gasteiger partial charge in [0.15, 0.2) is 0 Å². The molecule has 2 aromatic rings. The molecule has 0 radical (unpaired) electrons. The van der Waals surface area contributed by atoms with E-state index < -0.39 is 0 Å². The van der Waals surface area contributed by atoms with Gasteiger partial charge in [0.25, 0.3) is 0 Å². The van der Waals surface area contributed by atoms with Crippen LogP contribution in [0.3, 0.4) is 0 Å². The van der Waals surface area contributed by atoms with Gasteiger partial charge in [-0.25, -0.2) is 4.98 Å². The largest absolute Gasteiger partial charge is 0.497 e. The van der Waals surface area contributed by atoms with E-state index in [0.29, 0.717) is 12.1 Å². The zero-order valence-corrected chi connectivity index (χ0v) is 11.9. The third-order valence-corrected chi connectivity index (χ3v) is 4.68. The minimum atomic E-state index is -0.369. The number of benzene rings is 1. The summed E-state index contributed by atoms with van der Waals surface area (Å²) in [6.07, 6.45) is 4.87. The molecule has 2 bridgehead atoms. The van der Waals surface area contributed by atoms with Crippen LogP contribution in [0.25, 0.3) is 0 Å². The zero-order chi connectivity index (χ0) is 14.4. The van der Waals surface area contributed by atoms with Crippen molar-refractivity contribution in [3.05, 3.63) is 53.6 Å². The first-order chi connectivity index (χ1) is 10.3. The van der Waals surface area contributed by atoms with Crippen LogP contribution in [-0.4, -0.2) is 18.1 Å². The number of halogens is 1. The maximum Gasteiger partial charge on any atom is 0.213 e. The molecule has 0 aliphatic carbocycles. The summed E-state index contributed by atoms with van der Waals surface area (Å²) in [5.74, 6) is 0.498. The van der Waals surface area contributed by atoms with Gasteiger partial charge in [-0.1, -0.05) is 0 Å². The predicted molar refractivity (Wildman–Crippen MR) is 79.1 cm³/mol. The summed E-state index contributed by atoms with van der Waals surface area (Å²) < 4.78 is 18.6. The molecule has 0 unspecified atom stereocenters. The Balaban J connectivity index is 1.73. The number of aromatic nitrogens is 1. The number of hydrogen-bond donors (Lipinski definition) is 0. The van der Waals surface area contributed by atoms with Crippen LogP contribution in [0, 0.1) is 5.95 Å². The third-order valence-electron chi connectivity index (χ3n) is 4.68. The quantitative estimate of drug-likeness (QED) is 0.789. The van der Waals surface area contributed by atoms with E-state index in [0.717, 1.165) is 30.6 Å². The van der Waals surface area contributed by atoms with Crippen LogP contribution < -0.4 is 9.64 Å². The monoisotopic (exact) mass is 284 g/mol. The maximum absolute atomic E-state index is 13.3. The summed E-state index contributed by atoms with van der Waals surface area (Å²) in [6, 6.07) is 10.6. The molecule has 21 heavy (non-hydrogen) atoms. The number of ether oxygens (including phenoxy) is 1. The van der Waals surface area contributed by atoms with Crippen molar-refractivity contribution in [1.29, 1.82) is 0 Å². The maximum atomic E-state index is 13.3. The SMILES string of the molecule is COc1ccc(N2[C@@H]3CC[C@H]2c2cnc(F)cc2C3)cc1. The van der Waals surface area contributed by atoms with Gasteiger partial charge in [-0.2, -0.15) is 4.39 Å². The third kappa shape index (κ3) is 1.97. The molecule has 0 saturated carbocycles. The number of nitrogens with zero attached hydrogens (tertiary/aromatic N) is 2. The average Bonchev–Trinajstić information content (AvgIpc) is 2.82. The molecule has 4 heteroatoms. The van der Waals surface area contributed by atoms with Crippen molar-refractivity contribution in [2.45, 2.75) is 31.3 Å². The van der Waals surface area contributed by atoms with Crippen molar-refractivity contribution in [3.8, 4) is 5.75 Å². The average molecular weight is 284 g/mol. The van der Waals surface area contributed by atoms with Crippen molar-refractivity contribution in [1.82, 2.24) is 4.98 Å². The van der Waals surface area contributed by atoms with Crippen LogP contribution in [0.4, 0.5) is 10.1 Å². The highest BCUT2D eigenvalue weighted by molar-refractivity contribution is 5.56. The molecule has 1 aromatic heterocycles. The summed E-state index contributed by atoms with van der Waals surface area (Å²) in [6.45, 7) is 0. The lowest BCUT2D eigenvalue weighted by Crippen LogP contribution is -2.37. The fourth-order valence-corrected chi connectivity index (χ4v) is 3.74. The molecule has 1 saturated heterocycles. The topological polar surface area (TPSA) is 25.4 Å². The van der Waals surface area contributed by atoms with Crippen LogP contribution in [-0.2, 0) is 6.42 Å². The molecule has 3 heterocycles. The molecule has 0 amide bonds. The Morgan fingerprint density at radius 1 is 1.24 bits per heavy atom. The van der Waals surface area contributed by atoms with Crippen LogP contribution in [0.5, 0.6) is 5.75 Å². The number of anilines is 1. The van der Waals surface area contributed by atoms with Gasteiger partial charge >= 0.3 is 0 Å². The Morgan fingerprint density at radius 3 is 2.81 bits per heavy atom. The lowest BCUT2D eigenvalue weighted by atomic mass is 9.94. The van der Waals surface area contributed by atoms with Gasteiger partial charge < -0.3 is 9.64 Å². The second kappa shape index (κ2) is 4.72. The van der Waals surface area contributed by atoms with Gasteiger partial charge in [0.1, 0.15) is 5.75 Å². The van der Waals surface area contributed by atoms with Crippen LogP contribution >= 0.6 is 0 Å². The standard InChI is InChI=1S/C17H17FN2O/c1-21-14-5-2-12(3-6-14)20-13-4-7-16(20)15-10-19-17(18)9-11(15)8-13/h2-3,5-6,9-10,13,16H,4,7-8H2,1H3/t13-,16+/m1/s1. The van der Waals surface area contributed by atoms with E-state index in [2.05, 4.69) is 22.0 Å². The molecule has 1 aromatic carbocycles. The Kier molecular flexibility index (Phi) is 2.84. The Bertz CT molecular complexity index is 671. The van der Waals surface area contributed by atoms with Crippen molar-refractivity contribution in [3.63, 3.8) is 0 Å². The Hall–Kier alpha value is -2.10. The van der Waals surface area contributed by atoms with Gasteiger partial charge in [-0.3, -0.25) is 0 Å². The molecular formula is C17H17FN2O. The highest BCUT2D eigenvalue weighted by Gasteiger charge is 2.40. The minimum absolute atomic E-state index is 0.320. The molecule has 2 aliphatic heterocycles. The van der Waals surface area contributed by atoms with E-state index in [1.807, 2.05) is 12.1 Å². The predicted octanol–water partition coefficient (Wildman–Crippen LogP) is 3.50. The summed E-state index contributed by atoms with van der Waals surface area (Å²) in [5, 5.41) is 0. The highest BCUT2D eigenvalue weighted by Crippen LogP contribution is 2.46. The van der Waals surface area contributed by atoms with E-state index >= 15 is 0 Å². The van der Waals surface area contributed by atoms with E-state index in [-0.39, 0.29) is 5.95 Å². The fraction of sp³-hybridized carbons (Fsp3) is 0.353. The van der Waals surface area contributed by atoms with E-state index in [4.69, 9.17) is 4.74 Å². The van der Waals surface area contributed by atoms with Gasteiger partial charge in [0.05, 0.1) is 13.2 Å². The molecule has 0 spiro atoms. The van der Waals surface area contributed by atoms with E-state index in [1.165, 1.54) is 11.3 Å². The van der Waals surface area contributed by atoms with Gasteiger partial charge in [0, 0.05) is 17.9 Å². The lowest BCUT2D eigenvalue weighted by molar-refractivity contribution is 0.414. The van der Waals surface area contributed by atoms with E-state index in [1.54, 1.807) is 19.4 Å². The van der Waals surface area contributed by atoms with E-state index in [9.17, 15) is 4.39 Å². The van der Waals surface area contributed by atoms with Gasteiger partial charge in [0.2, 0.25) is 5.95 Å². The first kappa shape index (κ1) is 12.6. The number of fused-ring (bicyclic) bond motifs is 4. The van der Waals surface area contributed by atoms with Gasteiger partial charge in [-0.15, -0.1) is 0 Å². The van der Waals surface area contributed by atoms with Crippen LogP contribution in [0.2, 0.25) is 0 Å². The van der Waals surface area contributed by atoms with Crippen molar-refractivity contribution >= 4 is 5.69 Å². The highest BCUT2D eigenvalue weighted by atomic mass is 19.1. The smallest absolute Gasteiger partial charge is 0.213 e. The fourth-order valence-electron chi connectivity index (χ4n) is 3.74. The number of rotatable bonds is 2. The molecule has 4 rings (SSSR count). The van der Waals surface area contributed by atoms with Gasteiger partial charge in [-0.05, 0) is 60.7 Å². The van der Waals surface area contributed by atoms with Crippen molar-refractivity contribution in [2.75, 3.05) is 12.0 Å². The first-order valence-corrected chi connectivity index (χ1v) is 7.33. The Morgan fingerprint density at radius 2 is 2.05 bits per heavy atom. The second-order valence-corrected chi connectivity index (χ2v) is 5.76. The summed E-state index contributed by atoms with van der Waals surface area (Å²) >= 11 is 0. The molecule has 0 N–H and O–H groups in total. The summed E-state index contributed by atoms with van der Waals surface area (Å²) in [5.41, 5.74) is 3.51. The van der Waals surface area contributed by atoms with Crippen molar-refractivity contribution < 1.29 is 9.13 Å². The molecular weight excluding hydrogens is 267 g/mol. The number of hydrogen-bond acceptors (Lipinski definition) is 3. The molecule has 2 aliphatic rings. The summed E-state index contributed by atoms with van der Waals surface area (Å²) in [7, 11) is 1.68. The minimum Gasteiger partial charge on any atom is -0.497 e. The lowest BCUT2D eigenvalue weighted by Gasteiger charge is -2.38.